The average Bonchev–Trinajstić information content (AvgIpc) is 2.70. The zero-order chi connectivity index (χ0) is 21.0. The Hall–Kier alpha value is -2.98. The van der Waals surface area contributed by atoms with Gasteiger partial charge in [0.1, 0.15) is 0 Å². The Morgan fingerprint density at radius 1 is 1.10 bits per heavy atom. The molecule has 0 radical (unpaired) electrons. The molecule has 1 fully saturated rings. The number of nitrogens with one attached hydrogen (secondary N) is 1. The second kappa shape index (κ2) is 8.58. The van der Waals surface area contributed by atoms with Crippen molar-refractivity contribution in [1.29, 1.82) is 0 Å². The van der Waals surface area contributed by atoms with Gasteiger partial charge in [-0.25, -0.2) is 8.42 Å². The van der Waals surface area contributed by atoms with Gasteiger partial charge in [-0.1, -0.05) is 12.1 Å². The SMILES string of the molecule is O=C(Cc1ccc(NS(=O)(=O)c2ccc([N+](=O)[O-])cc2)cc1)N1CCC(O)CC1. The summed E-state index contributed by atoms with van der Waals surface area (Å²) in [6.07, 6.45) is 1.01. The number of piperidine rings is 1. The lowest BCUT2D eigenvalue weighted by molar-refractivity contribution is -0.384. The molecule has 1 heterocycles. The molecule has 154 valence electrons. The van der Waals surface area contributed by atoms with Crippen molar-refractivity contribution in [1.82, 2.24) is 4.90 Å². The molecule has 2 N–H and O–H groups in total. The van der Waals surface area contributed by atoms with E-state index in [1.165, 1.54) is 12.1 Å². The van der Waals surface area contributed by atoms with E-state index in [0.29, 0.717) is 31.6 Å². The van der Waals surface area contributed by atoms with Gasteiger partial charge in [0, 0.05) is 30.9 Å². The van der Waals surface area contributed by atoms with Crippen molar-refractivity contribution in [3.8, 4) is 0 Å². The average molecular weight is 419 g/mol. The molecule has 10 heteroatoms. The van der Waals surface area contributed by atoms with E-state index in [4.69, 9.17) is 0 Å². The van der Waals surface area contributed by atoms with E-state index in [0.717, 1.165) is 17.7 Å². The molecule has 3 rings (SSSR count). The number of nitrogens with zero attached hydrogens (tertiary/aromatic N) is 2. The Morgan fingerprint density at radius 2 is 1.69 bits per heavy atom. The Kier molecular flexibility index (Phi) is 6.14. The van der Waals surface area contributed by atoms with Gasteiger partial charge in [-0.2, -0.15) is 0 Å². The van der Waals surface area contributed by atoms with Crippen LogP contribution in [0.4, 0.5) is 11.4 Å². The highest BCUT2D eigenvalue weighted by atomic mass is 32.2. The summed E-state index contributed by atoms with van der Waals surface area (Å²) in [4.78, 5) is 24.0. The molecule has 0 atom stereocenters. The van der Waals surface area contributed by atoms with Gasteiger partial charge in [0.15, 0.2) is 0 Å². The Balaban J connectivity index is 1.62. The quantitative estimate of drug-likeness (QED) is 0.543. The molecule has 1 saturated heterocycles. The second-order valence-electron chi connectivity index (χ2n) is 6.84. The number of aliphatic hydroxyl groups excluding tert-OH is 1. The normalized spacial score (nSPS) is 15.1. The van der Waals surface area contributed by atoms with Crippen LogP contribution in [0.3, 0.4) is 0 Å². The summed E-state index contributed by atoms with van der Waals surface area (Å²) in [5.74, 6) is -0.0314. The van der Waals surface area contributed by atoms with E-state index in [1.807, 2.05) is 0 Å². The number of benzene rings is 2. The lowest BCUT2D eigenvalue weighted by Crippen LogP contribution is -2.40. The van der Waals surface area contributed by atoms with Crippen molar-refractivity contribution in [2.75, 3.05) is 17.8 Å². The molecule has 1 aliphatic heterocycles. The summed E-state index contributed by atoms with van der Waals surface area (Å²) >= 11 is 0. The molecule has 0 aromatic heterocycles. The first-order valence-corrected chi connectivity index (χ1v) is 10.5. The number of carbonyl (C=O) groups excluding carboxylic acids is 1. The first-order valence-electron chi connectivity index (χ1n) is 9.07. The minimum Gasteiger partial charge on any atom is -0.393 e. The first kappa shape index (κ1) is 20.7. The number of sulfonamides is 1. The summed E-state index contributed by atoms with van der Waals surface area (Å²) in [6, 6.07) is 11.1. The topological polar surface area (TPSA) is 130 Å². The number of carbonyl (C=O) groups is 1. The monoisotopic (exact) mass is 419 g/mol. The molecule has 2 aromatic rings. The van der Waals surface area contributed by atoms with Crippen molar-refractivity contribution >= 4 is 27.3 Å². The summed E-state index contributed by atoms with van der Waals surface area (Å²) < 4.78 is 27.2. The van der Waals surface area contributed by atoms with Gasteiger partial charge in [0.2, 0.25) is 5.91 Å². The molecule has 0 unspecified atom stereocenters. The Labute approximate surface area is 168 Å². The molecule has 9 nitrogen and oxygen atoms in total. The molecule has 0 spiro atoms. The summed E-state index contributed by atoms with van der Waals surface area (Å²) in [5, 5.41) is 20.2. The number of non-ortho nitro benzene ring substituents is 1. The summed E-state index contributed by atoms with van der Waals surface area (Å²) in [5.41, 5.74) is 0.876. The lowest BCUT2D eigenvalue weighted by Gasteiger charge is -2.29. The molecule has 0 bridgehead atoms. The number of nitro benzene ring substituents is 1. The van der Waals surface area contributed by atoms with Gasteiger partial charge < -0.3 is 10.0 Å². The molecular weight excluding hydrogens is 398 g/mol. The van der Waals surface area contributed by atoms with E-state index in [1.54, 1.807) is 29.2 Å². The minimum atomic E-state index is -3.89. The van der Waals surface area contributed by atoms with Crippen LogP contribution in [-0.2, 0) is 21.2 Å². The van der Waals surface area contributed by atoms with Crippen molar-refractivity contribution in [2.45, 2.75) is 30.3 Å². The summed E-state index contributed by atoms with van der Waals surface area (Å²) in [7, 11) is -3.89. The zero-order valence-electron chi connectivity index (χ0n) is 15.5. The number of hydrogen-bond donors (Lipinski definition) is 2. The number of likely N-dealkylation sites (tertiary alicyclic amines) is 1. The van der Waals surface area contributed by atoms with E-state index in [-0.39, 0.29) is 29.0 Å². The standard InChI is InChI=1S/C19H21N3O6S/c23-17-9-11-21(12-10-17)19(24)13-14-1-3-15(4-2-14)20-29(27,28)18-7-5-16(6-8-18)22(25)26/h1-8,17,20,23H,9-13H2. The molecule has 0 saturated carbocycles. The third kappa shape index (κ3) is 5.30. The number of aliphatic hydroxyl groups is 1. The maximum absolute atomic E-state index is 12.4. The predicted molar refractivity (Wildman–Crippen MR) is 106 cm³/mol. The van der Waals surface area contributed by atoms with E-state index in [2.05, 4.69) is 4.72 Å². The van der Waals surface area contributed by atoms with Gasteiger partial charge in [0.25, 0.3) is 15.7 Å². The Bertz CT molecular complexity index is 982. The third-order valence-corrected chi connectivity index (χ3v) is 6.13. The van der Waals surface area contributed by atoms with Gasteiger partial charge in [0.05, 0.1) is 22.3 Å². The van der Waals surface area contributed by atoms with Crippen molar-refractivity contribution in [3.63, 3.8) is 0 Å². The highest BCUT2D eigenvalue weighted by molar-refractivity contribution is 7.92. The predicted octanol–water partition coefficient (Wildman–Crippen LogP) is 1.92. The van der Waals surface area contributed by atoms with Crippen LogP contribution < -0.4 is 4.72 Å². The van der Waals surface area contributed by atoms with Crippen LogP contribution in [0.25, 0.3) is 0 Å². The van der Waals surface area contributed by atoms with Gasteiger partial charge in [-0.3, -0.25) is 19.6 Å². The van der Waals surface area contributed by atoms with Crippen LogP contribution in [0.1, 0.15) is 18.4 Å². The number of amides is 1. The maximum Gasteiger partial charge on any atom is 0.269 e. The molecule has 1 aliphatic rings. The van der Waals surface area contributed by atoms with Crippen molar-refractivity contribution < 1.29 is 23.2 Å². The second-order valence-corrected chi connectivity index (χ2v) is 8.52. The van der Waals surface area contributed by atoms with Gasteiger partial charge >= 0.3 is 0 Å². The molecule has 0 aliphatic carbocycles. The number of rotatable bonds is 6. The molecule has 1 amide bonds. The van der Waals surface area contributed by atoms with Gasteiger partial charge in [-0.05, 0) is 42.7 Å². The number of hydrogen-bond acceptors (Lipinski definition) is 6. The van der Waals surface area contributed by atoms with E-state index in [9.17, 15) is 28.4 Å². The van der Waals surface area contributed by atoms with E-state index >= 15 is 0 Å². The third-order valence-electron chi connectivity index (χ3n) is 4.74. The van der Waals surface area contributed by atoms with Crippen LogP contribution in [0.2, 0.25) is 0 Å². The smallest absolute Gasteiger partial charge is 0.269 e. The van der Waals surface area contributed by atoms with Crippen LogP contribution in [0, 0.1) is 10.1 Å². The van der Waals surface area contributed by atoms with Crippen LogP contribution in [0.15, 0.2) is 53.4 Å². The van der Waals surface area contributed by atoms with Crippen molar-refractivity contribution in [3.05, 3.63) is 64.2 Å². The van der Waals surface area contributed by atoms with Gasteiger partial charge in [-0.15, -0.1) is 0 Å². The first-order chi connectivity index (χ1) is 13.7. The maximum atomic E-state index is 12.4. The van der Waals surface area contributed by atoms with Crippen LogP contribution in [-0.4, -0.2) is 48.4 Å². The number of anilines is 1. The zero-order valence-corrected chi connectivity index (χ0v) is 16.3. The molecule has 29 heavy (non-hydrogen) atoms. The highest BCUT2D eigenvalue weighted by Gasteiger charge is 2.21. The summed E-state index contributed by atoms with van der Waals surface area (Å²) in [6.45, 7) is 1.07. The largest absolute Gasteiger partial charge is 0.393 e. The fourth-order valence-electron chi connectivity index (χ4n) is 3.05. The van der Waals surface area contributed by atoms with Crippen LogP contribution in [0.5, 0.6) is 0 Å². The lowest BCUT2D eigenvalue weighted by atomic mass is 10.1. The fourth-order valence-corrected chi connectivity index (χ4v) is 4.11. The van der Waals surface area contributed by atoms with Crippen molar-refractivity contribution in [2.24, 2.45) is 0 Å². The highest BCUT2D eigenvalue weighted by Crippen LogP contribution is 2.20. The minimum absolute atomic E-state index is 0.0314. The fraction of sp³-hybridized carbons (Fsp3) is 0.316. The molecular formula is C19H21N3O6S. The van der Waals surface area contributed by atoms with Crippen LogP contribution >= 0.6 is 0 Å². The molecule has 2 aromatic carbocycles. The Morgan fingerprint density at radius 3 is 2.24 bits per heavy atom. The van der Waals surface area contributed by atoms with E-state index < -0.39 is 14.9 Å². The number of nitro groups is 1.